The van der Waals surface area contributed by atoms with Gasteiger partial charge in [0.15, 0.2) is 0 Å². The van der Waals surface area contributed by atoms with E-state index in [1.54, 1.807) is 0 Å². The first-order chi connectivity index (χ1) is 10.3. The number of aryl methyl sites for hydroxylation is 3. The number of nitrogens with zero attached hydrogens (tertiary/aromatic N) is 1. The molecular formula is C18H19N3. The fraction of sp³-hybridized carbons (Fsp3) is 0.278. The van der Waals surface area contributed by atoms with Gasteiger partial charge >= 0.3 is 0 Å². The molecule has 1 aromatic carbocycles. The van der Waals surface area contributed by atoms with Crippen LogP contribution in [0, 0.1) is 6.92 Å². The van der Waals surface area contributed by atoms with Gasteiger partial charge in [-0.2, -0.15) is 0 Å². The van der Waals surface area contributed by atoms with E-state index in [1.165, 1.54) is 41.5 Å². The molecule has 0 unspecified atom stereocenters. The molecule has 0 atom stereocenters. The molecule has 2 heterocycles. The zero-order chi connectivity index (χ0) is 14.2. The molecule has 0 bridgehead atoms. The maximum Gasteiger partial charge on any atom is 0.130 e. The summed E-state index contributed by atoms with van der Waals surface area (Å²) in [6.45, 7) is 2.12. The molecule has 0 saturated carbocycles. The summed E-state index contributed by atoms with van der Waals surface area (Å²) in [5.74, 6) is 0.943. The summed E-state index contributed by atoms with van der Waals surface area (Å²) in [6.07, 6.45) is 6.86. The second kappa shape index (κ2) is 4.92. The Morgan fingerprint density at radius 3 is 2.95 bits per heavy atom. The molecule has 3 aromatic rings. The number of pyridine rings is 1. The molecule has 3 heteroatoms. The predicted octanol–water partition coefficient (Wildman–Crippen LogP) is 4.49. The average molecular weight is 277 g/mol. The molecule has 3 nitrogen and oxygen atoms in total. The molecule has 1 aliphatic rings. The number of anilines is 2. The normalized spacial score (nSPS) is 14.1. The Labute approximate surface area is 124 Å². The first-order valence-electron chi connectivity index (χ1n) is 7.63. The molecule has 0 amide bonds. The van der Waals surface area contributed by atoms with Crippen LogP contribution in [-0.2, 0) is 12.8 Å². The lowest BCUT2D eigenvalue weighted by molar-refractivity contribution is 0.669. The van der Waals surface area contributed by atoms with E-state index in [2.05, 4.69) is 47.6 Å². The third-order valence-electron chi connectivity index (χ3n) is 4.28. The van der Waals surface area contributed by atoms with Crippen molar-refractivity contribution < 1.29 is 0 Å². The average Bonchev–Trinajstić information content (AvgIpc) is 2.89. The van der Waals surface area contributed by atoms with Crippen LogP contribution in [0.2, 0.25) is 0 Å². The Hall–Kier alpha value is -2.29. The van der Waals surface area contributed by atoms with Crippen LogP contribution in [-0.4, -0.2) is 9.97 Å². The van der Waals surface area contributed by atoms with Crippen LogP contribution in [0.1, 0.15) is 29.7 Å². The lowest BCUT2D eigenvalue weighted by atomic mass is 9.96. The third-order valence-corrected chi connectivity index (χ3v) is 4.28. The minimum absolute atomic E-state index is 0.943. The number of rotatable bonds is 2. The van der Waals surface area contributed by atoms with Crippen molar-refractivity contribution in [3.63, 3.8) is 0 Å². The highest BCUT2D eigenvalue weighted by molar-refractivity contribution is 5.94. The van der Waals surface area contributed by atoms with Gasteiger partial charge in [0.25, 0.3) is 0 Å². The van der Waals surface area contributed by atoms with Gasteiger partial charge in [0.1, 0.15) is 5.82 Å². The predicted molar refractivity (Wildman–Crippen MR) is 87.2 cm³/mol. The van der Waals surface area contributed by atoms with Gasteiger partial charge in [-0.1, -0.05) is 17.7 Å². The van der Waals surface area contributed by atoms with Crippen molar-refractivity contribution in [2.24, 2.45) is 0 Å². The van der Waals surface area contributed by atoms with Crippen molar-refractivity contribution in [1.82, 2.24) is 9.97 Å². The second-order valence-electron chi connectivity index (χ2n) is 5.89. The molecule has 0 saturated heterocycles. The van der Waals surface area contributed by atoms with E-state index in [4.69, 9.17) is 4.98 Å². The van der Waals surface area contributed by atoms with Crippen LogP contribution in [0.15, 0.2) is 36.5 Å². The fourth-order valence-electron chi connectivity index (χ4n) is 3.13. The summed E-state index contributed by atoms with van der Waals surface area (Å²) in [4.78, 5) is 8.10. The topological polar surface area (TPSA) is 40.7 Å². The van der Waals surface area contributed by atoms with Crippen molar-refractivity contribution in [3.05, 3.63) is 53.3 Å². The first-order valence-corrected chi connectivity index (χ1v) is 7.63. The highest BCUT2D eigenvalue weighted by atomic mass is 15.0. The van der Waals surface area contributed by atoms with Crippen molar-refractivity contribution in [1.29, 1.82) is 0 Å². The quantitative estimate of drug-likeness (QED) is 0.724. The Morgan fingerprint density at radius 1 is 1.10 bits per heavy atom. The number of aromatic amines is 1. The van der Waals surface area contributed by atoms with Crippen LogP contribution in [0.3, 0.4) is 0 Å². The molecule has 2 aromatic heterocycles. The maximum absolute atomic E-state index is 4.79. The van der Waals surface area contributed by atoms with Crippen molar-refractivity contribution in [2.45, 2.75) is 32.6 Å². The van der Waals surface area contributed by atoms with E-state index in [9.17, 15) is 0 Å². The minimum Gasteiger partial charge on any atom is -0.359 e. The molecule has 4 rings (SSSR count). The SMILES string of the molecule is Cc1ccc2[nH]cc(Nc3ccc4c(n3)CCCC4)c2c1. The Kier molecular flexibility index (Phi) is 2.92. The summed E-state index contributed by atoms with van der Waals surface area (Å²) >= 11 is 0. The van der Waals surface area contributed by atoms with E-state index < -0.39 is 0 Å². The van der Waals surface area contributed by atoms with Crippen LogP contribution >= 0.6 is 0 Å². The summed E-state index contributed by atoms with van der Waals surface area (Å²) in [7, 11) is 0. The van der Waals surface area contributed by atoms with Gasteiger partial charge < -0.3 is 10.3 Å². The van der Waals surface area contributed by atoms with Gasteiger partial charge in [0, 0.05) is 22.8 Å². The molecule has 106 valence electrons. The van der Waals surface area contributed by atoms with E-state index >= 15 is 0 Å². The summed E-state index contributed by atoms with van der Waals surface area (Å²) in [6, 6.07) is 10.8. The molecular weight excluding hydrogens is 258 g/mol. The number of benzene rings is 1. The lowest BCUT2D eigenvalue weighted by Crippen LogP contribution is -2.06. The highest BCUT2D eigenvalue weighted by Crippen LogP contribution is 2.28. The molecule has 0 fully saturated rings. The zero-order valence-electron chi connectivity index (χ0n) is 12.2. The van der Waals surface area contributed by atoms with E-state index in [0.29, 0.717) is 0 Å². The van der Waals surface area contributed by atoms with Gasteiger partial charge in [-0.3, -0.25) is 0 Å². The number of nitrogens with one attached hydrogen (secondary N) is 2. The lowest BCUT2D eigenvalue weighted by Gasteiger charge is -2.15. The number of aromatic nitrogens is 2. The summed E-state index contributed by atoms with van der Waals surface area (Å²) in [5, 5.41) is 4.68. The highest BCUT2D eigenvalue weighted by Gasteiger charge is 2.12. The summed E-state index contributed by atoms with van der Waals surface area (Å²) in [5.41, 5.74) is 6.20. The number of hydrogen-bond donors (Lipinski definition) is 2. The Balaban J connectivity index is 1.69. The molecule has 0 aliphatic heterocycles. The largest absolute Gasteiger partial charge is 0.359 e. The van der Waals surface area contributed by atoms with Gasteiger partial charge in [0.2, 0.25) is 0 Å². The third kappa shape index (κ3) is 2.29. The van der Waals surface area contributed by atoms with Crippen molar-refractivity contribution in [2.75, 3.05) is 5.32 Å². The fourth-order valence-corrected chi connectivity index (χ4v) is 3.13. The van der Waals surface area contributed by atoms with Gasteiger partial charge in [-0.15, -0.1) is 0 Å². The van der Waals surface area contributed by atoms with Crippen LogP contribution in [0.25, 0.3) is 10.9 Å². The molecule has 21 heavy (non-hydrogen) atoms. The number of hydrogen-bond acceptors (Lipinski definition) is 2. The van der Waals surface area contributed by atoms with Gasteiger partial charge in [-0.25, -0.2) is 4.98 Å². The second-order valence-corrected chi connectivity index (χ2v) is 5.89. The number of H-pyrrole nitrogens is 1. The smallest absolute Gasteiger partial charge is 0.130 e. The van der Waals surface area contributed by atoms with Crippen molar-refractivity contribution in [3.8, 4) is 0 Å². The van der Waals surface area contributed by atoms with Crippen molar-refractivity contribution >= 4 is 22.4 Å². The van der Waals surface area contributed by atoms with Crippen LogP contribution < -0.4 is 5.32 Å². The first kappa shape index (κ1) is 12.5. The standard InChI is InChI=1S/C18H19N3/c1-12-6-8-16-14(10-12)17(11-19-16)21-18-9-7-13-4-2-3-5-15(13)20-18/h6-11,19H,2-5H2,1H3,(H,20,21). The van der Waals surface area contributed by atoms with E-state index in [1.807, 2.05) is 6.20 Å². The monoisotopic (exact) mass is 277 g/mol. The molecule has 0 radical (unpaired) electrons. The minimum atomic E-state index is 0.943. The summed E-state index contributed by atoms with van der Waals surface area (Å²) < 4.78 is 0. The Bertz CT molecular complexity index is 801. The number of fused-ring (bicyclic) bond motifs is 2. The maximum atomic E-state index is 4.79. The molecule has 2 N–H and O–H groups in total. The van der Waals surface area contributed by atoms with E-state index in [-0.39, 0.29) is 0 Å². The van der Waals surface area contributed by atoms with Crippen LogP contribution in [0.5, 0.6) is 0 Å². The Morgan fingerprint density at radius 2 is 2.00 bits per heavy atom. The van der Waals surface area contributed by atoms with E-state index in [0.717, 1.165) is 23.4 Å². The molecule has 1 aliphatic carbocycles. The van der Waals surface area contributed by atoms with Crippen LogP contribution in [0.4, 0.5) is 11.5 Å². The molecule has 0 spiro atoms. The van der Waals surface area contributed by atoms with Gasteiger partial charge in [0.05, 0.1) is 5.69 Å². The zero-order valence-corrected chi connectivity index (χ0v) is 12.2. The van der Waals surface area contributed by atoms with Gasteiger partial charge in [-0.05, 0) is 56.4 Å².